The molecular weight excluding hydrogens is 556 g/mol. The zero-order chi connectivity index (χ0) is 30.9. The first-order valence-electron chi connectivity index (χ1n) is 13.9. The van der Waals surface area contributed by atoms with Crippen LogP contribution >= 0.6 is 0 Å². The van der Waals surface area contributed by atoms with Crippen LogP contribution in [0, 0.1) is 0 Å². The number of aromatic nitrogens is 4. The van der Waals surface area contributed by atoms with Crippen molar-refractivity contribution in [2.45, 2.75) is 70.6 Å². The van der Waals surface area contributed by atoms with E-state index in [1.54, 1.807) is 12.1 Å². The van der Waals surface area contributed by atoms with Crippen molar-refractivity contribution >= 4 is 52.4 Å². The van der Waals surface area contributed by atoms with Gasteiger partial charge in [0.1, 0.15) is 17.9 Å². The van der Waals surface area contributed by atoms with Crippen LogP contribution in [-0.2, 0) is 20.9 Å². The number of carbonyl (C=O) groups excluding carboxylic acids is 3. The Bertz CT molecular complexity index is 1530. The van der Waals surface area contributed by atoms with Crippen LogP contribution in [0.25, 0.3) is 11.2 Å². The van der Waals surface area contributed by atoms with Crippen LogP contribution in [0.15, 0.2) is 42.6 Å². The first kappa shape index (κ1) is 30.8. The van der Waals surface area contributed by atoms with Crippen molar-refractivity contribution in [1.82, 2.24) is 25.3 Å². The third-order valence-electron chi connectivity index (χ3n) is 6.83. The summed E-state index contributed by atoms with van der Waals surface area (Å²) in [6.45, 7) is 1.30. The molecule has 1 aliphatic rings. The van der Waals surface area contributed by atoms with Crippen LogP contribution in [0.2, 0.25) is 0 Å². The number of carboxylic acid groups (broad SMARTS) is 1. The van der Waals surface area contributed by atoms with Gasteiger partial charge in [0.15, 0.2) is 17.0 Å². The van der Waals surface area contributed by atoms with Gasteiger partial charge >= 0.3 is 12.1 Å². The molecular formula is C29H34N8O6. The van der Waals surface area contributed by atoms with Gasteiger partial charge in [0, 0.05) is 17.7 Å². The van der Waals surface area contributed by atoms with Crippen molar-refractivity contribution in [2.75, 3.05) is 16.4 Å². The number of anilines is 3. The Morgan fingerprint density at radius 1 is 1.09 bits per heavy atom. The molecule has 226 valence electrons. The first-order valence-corrected chi connectivity index (χ1v) is 13.9. The van der Waals surface area contributed by atoms with E-state index in [1.807, 2.05) is 12.2 Å². The van der Waals surface area contributed by atoms with Crippen LogP contribution < -0.4 is 21.7 Å². The molecule has 1 aliphatic carbocycles. The zero-order valence-electron chi connectivity index (χ0n) is 23.7. The Balaban J connectivity index is 1.58. The standard InChI is InChI=1S/C29H34N8O6/c1-17(38)9-14-22(27(40)41)34-26(39)18-10-12-20(13-11-18)37(29(42)43-21-7-5-3-2-4-6-8-21)16-19-15-32-25-23(33-19)24(30)35-28(31)36-25/h5,7,10-13,15,21-22H,2-4,6,8-9,14,16H2,1H3,(H,34,39)(H,40,41)(H4,30,31,32,35,36)/b7-5+/t21?,22-/m0/s1. The summed E-state index contributed by atoms with van der Waals surface area (Å²) < 4.78 is 5.86. The number of ether oxygens (including phenoxy) is 1. The van der Waals surface area contributed by atoms with E-state index in [9.17, 15) is 24.3 Å². The normalized spacial score (nSPS) is 16.3. The van der Waals surface area contributed by atoms with Gasteiger partial charge < -0.3 is 31.4 Å². The van der Waals surface area contributed by atoms with Crippen molar-refractivity contribution in [2.24, 2.45) is 0 Å². The van der Waals surface area contributed by atoms with Crippen molar-refractivity contribution < 1.29 is 29.0 Å². The number of hydrogen-bond donors (Lipinski definition) is 4. The molecule has 0 saturated carbocycles. The molecule has 4 rings (SSSR count). The highest BCUT2D eigenvalue weighted by Gasteiger charge is 2.24. The van der Waals surface area contributed by atoms with E-state index >= 15 is 0 Å². The van der Waals surface area contributed by atoms with E-state index in [0.29, 0.717) is 17.8 Å². The van der Waals surface area contributed by atoms with E-state index in [4.69, 9.17) is 16.2 Å². The summed E-state index contributed by atoms with van der Waals surface area (Å²) in [4.78, 5) is 67.3. The monoisotopic (exact) mass is 590 g/mol. The largest absolute Gasteiger partial charge is 0.480 e. The maximum absolute atomic E-state index is 13.5. The molecule has 1 unspecified atom stereocenters. The van der Waals surface area contributed by atoms with Crippen molar-refractivity contribution in [1.29, 1.82) is 0 Å². The Hall–Kier alpha value is -5.14. The van der Waals surface area contributed by atoms with Crippen LogP contribution in [0.1, 0.15) is 67.9 Å². The van der Waals surface area contributed by atoms with Gasteiger partial charge in [-0.3, -0.25) is 9.69 Å². The maximum atomic E-state index is 13.5. The molecule has 2 aromatic heterocycles. The smallest absolute Gasteiger partial charge is 0.415 e. The van der Waals surface area contributed by atoms with Gasteiger partial charge in [-0.05, 0) is 69.4 Å². The Kier molecular flexibility index (Phi) is 10.1. The van der Waals surface area contributed by atoms with Gasteiger partial charge in [0.25, 0.3) is 5.91 Å². The fraction of sp³-hybridized carbons (Fsp3) is 0.379. The predicted molar refractivity (Wildman–Crippen MR) is 158 cm³/mol. The topological polar surface area (TPSA) is 217 Å². The number of nitrogens with two attached hydrogens (primary N) is 2. The number of hydrogen-bond acceptors (Lipinski definition) is 11. The fourth-order valence-corrected chi connectivity index (χ4v) is 4.54. The first-order chi connectivity index (χ1) is 20.6. The lowest BCUT2D eigenvalue weighted by Crippen LogP contribution is -2.41. The quantitative estimate of drug-likeness (QED) is 0.250. The molecule has 2 heterocycles. The second-order valence-corrected chi connectivity index (χ2v) is 10.2. The molecule has 43 heavy (non-hydrogen) atoms. The number of carboxylic acids is 1. The fourth-order valence-electron chi connectivity index (χ4n) is 4.54. The minimum absolute atomic E-state index is 0.0201. The second kappa shape index (κ2) is 14.2. The number of carbonyl (C=O) groups is 4. The molecule has 14 heteroatoms. The third-order valence-corrected chi connectivity index (χ3v) is 6.83. The van der Waals surface area contributed by atoms with E-state index in [1.165, 1.54) is 30.2 Å². The average molecular weight is 591 g/mol. The minimum Gasteiger partial charge on any atom is -0.480 e. The molecule has 0 aliphatic heterocycles. The van der Waals surface area contributed by atoms with Crippen molar-refractivity contribution in [3.05, 3.63) is 53.9 Å². The molecule has 14 nitrogen and oxygen atoms in total. The van der Waals surface area contributed by atoms with Gasteiger partial charge in [0.2, 0.25) is 5.95 Å². The Morgan fingerprint density at radius 2 is 1.86 bits per heavy atom. The summed E-state index contributed by atoms with van der Waals surface area (Å²) in [7, 11) is 0. The summed E-state index contributed by atoms with van der Waals surface area (Å²) in [5.41, 5.74) is 13.0. The highest BCUT2D eigenvalue weighted by Crippen LogP contribution is 2.23. The number of ketones is 1. The van der Waals surface area contributed by atoms with Gasteiger partial charge in [-0.15, -0.1) is 0 Å². The van der Waals surface area contributed by atoms with Crippen molar-refractivity contribution in [3.63, 3.8) is 0 Å². The number of nitrogen functional groups attached to an aromatic ring is 2. The van der Waals surface area contributed by atoms with Gasteiger partial charge in [-0.2, -0.15) is 9.97 Å². The number of nitrogens with zero attached hydrogens (tertiary/aromatic N) is 5. The number of rotatable bonds is 10. The Labute approximate surface area is 247 Å². The second-order valence-electron chi connectivity index (χ2n) is 10.2. The molecule has 0 spiro atoms. The molecule has 2 amide bonds. The highest BCUT2D eigenvalue weighted by molar-refractivity contribution is 5.97. The van der Waals surface area contributed by atoms with E-state index in [2.05, 4.69) is 25.3 Å². The average Bonchev–Trinajstić information content (AvgIpc) is 2.95. The summed E-state index contributed by atoms with van der Waals surface area (Å²) in [5, 5.41) is 11.9. The number of benzene rings is 1. The predicted octanol–water partition coefficient (Wildman–Crippen LogP) is 3.17. The van der Waals surface area contributed by atoms with Gasteiger partial charge in [-0.25, -0.2) is 19.6 Å². The summed E-state index contributed by atoms with van der Waals surface area (Å²) in [6, 6.07) is 4.79. The molecule has 0 bridgehead atoms. The van der Waals surface area contributed by atoms with Gasteiger partial charge in [-0.1, -0.05) is 12.5 Å². The summed E-state index contributed by atoms with van der Waals surface area (Å²) >= 11 is 0. The van der Waals surface area contributed by atoms with E-state index in [0.717, 1.165) is 25.7 Å². The number of allylic oxidation sites excluding steroid dienone is 1. The third kappa shape index (κ3) is 8.44. The SMILES string of the molecule is CC(=O)CC[C@H](NC(=O)c1ccc(N(Cc2cnc3nc(N)nc(N)c3n2)C(=O)OC2/C=C/CCCCC2)cc1)C(=O)O. The molecule has 0 radical (unpaired) electrons. The molecule has 0 saturated heterocycles. The lowest BCUT2D eigenvalue weighted by Gasteiger charge is -2.25. The number of Topliss-reactive ketones (excluding diaryl/α,β-unsaturated/α-hetero) is 1. The number of amides is 2. The molecule has 3 aromatic rings. The highest BCUT2D eigenvalue weighted by atomic mass is 16.6. The van der Waals surface area contributed by atoms with Gasteiger partial charge in [0.05, 0.1) is 18.4 Å². The summed E-state index contributed by atoms with van der Waals surface area (Å²) in [6.07, 6.45) is 8.97. The lowest BCUT2D eigenvalue weighted by molar-refractivity contribution is -0.139. The number of fused-ring (bicyclic) bond motifs is 1. The molecule has 2 atom stereocenters. The molecule has 1 aromatic carbocycles. The van der Waals surface area contributed by atoms with E-state index < -0.39 is 30.1 Å². The number of aliphatic carboxylic acids is 1. The molecule has 6 N–H and O–H groups in total. The lowest BCUT2D eigenvalue weighted by atomic mass is 10.0. The maximum Gasteiger partial charge on any atom is 0.415 e. The van der Waals surface area contributed by atoms with Crippen molar-refractivity contribution in [3.8, 4) is 0 Å². The van der Waals surface area contributed by atoms with Crippen LogP contribution in [0.4, 0.5) is 22.2 Å². The Morgan fingerprint density at radius 3 is 2.58 bits per heavy atom. The van der Waals surface area contributed by atoms with Crippen LogP contribution in [-0.4, -0.2) is 60.9 Å². The van der Waals surface area contributed by atoms with Crippen LogP contribution in [0.3, 0.4) is 0 Å². The molecule has 0 fully saturated rings. The van der Waals surface area contributed by atoms with E-state index in [-0.39, 0.29) is 53.7 Å². The summed E-state index contributed by atoms with van der Waals surface area (Å²) in [5.74, 6) is -2.05. The minimum atomic E-state index is -1.24. The number of nitrogens with one attached hydrogen (secondary N) is 1. The zero-order valence-corrected chi connectivity index (χ0v) is 23.7. The van der Waals surface area contributed by atoms with Crippen LogP contribution in [0.5, 0.6) is 0 Å².